The number of carbonyl (C=O) groups is 23. The number of amides is 16. The molecular weight excluding hydrogens is 1950 g/mol. The van der Waals surface area contributed by atoms with Crippen LogP contribution in [0.3, 0.4) is 0 Å². The number of carboxylic acid groups (broad SMARTS) is 4. The molecule has 48 heteroatoms. The van der Waals surface area contributed by atoms with Gasteiger partial charge < -0.3 is 116 Å². The van der Waals surface area contributed by atoms with Crippen molar-refractivity contribution >= 4 is 182 Å². The van der Waals surface area contributed by atoms with Crippen molar-refractivity contribution < 1.29 is 136 Å². The van der Waals surface area contributed by atoms with Gasteiger partial charge in [-0.25, -0.2) is 0 Å². The van der Waals surface area contributed by atoms with E-state index in [4.69, 9.17) is 17.2 Å². The van der Waals surface area contributed by atoms with E-state index < -0.39 is 313 Å². The number of nitrogens with zero attached hydrogens (tertiary/aromatic N) is 3. The third-order valence-corrected chi connectivity index (χ3v) is 29.3. The van der Waals surface area contributed by atoms with E-state index in [0.717, 1.165) is 42.2 Å². The van der Waals surface area contributed by atoms with E-state index in [1.807, 2.05) is 0 Å². The first kappa shape index (κ1) is 115. The summed E-state index contributed by atoms with van der Waals surface area (Å²) in [6, 6.07) is 3.09. The molecule has 6 bridgehead atoms. The number of hydrogen-bond donors (Lipinski definition) is 19. The molecule has 0 aliphatic carbocycles. The van der Waals surface area contributed by atoms with E-state index in [1.54, 1.807) is 96.1 Å². The molecule has 2 unspecified atom stereocenters. The van der Waals surface area contributed by atoms with Crippen LogP contribution in [-0.2, 0) is 130 Å². The van der Waals surface area contributed by atoms with Gasteiger partial charge in [0, 0.05) is 155 Å². The number of benzene rings is 4. The van der Waals surface area contributed by atoms with Crippen LogP contribution >= 0.6 is 35.3 Å². The van der Waals surface area contributed by atoms with Gasteiger partial charge in [-0.2, -0.15) is 35.3 Å². The van der Waals surface area contributed by atoms with Crippen LogP contribution < -0.4 is 75.7 Å². The molecule has 45 nitrogen and oxygen atoms in total. The number of Topliss-reactive ketones (excluding diaryl/α,β-unsaturated/α-hetero) is 3. The topological polar surface area (TPSA) is 714 Å². The van der Waals surface area contributed by atoms with Crippen LogP contribution in [0.15, 0.2) is 97.1 Å². The number of hydrogen-bond acceptors (Lipinski definition) is 28. The number of thioether (sulfide) groups is 3. The number of carboxylic acids is 4. The highest BCUT2D eigenvalue weighted by molar-refractivity contribution is 7.99. The standard InChI is InChI=1S/C97H127N17O28S3/c1-51(98)71(116)38-60-43-144-31-28-76(121)113-47-96-45-112-46-97(96,48-113)50-114(49-96)77(122)29-32-145-44-70(110-85(133)53(3)101-86(134)58(35-57-17-12-16-56-15-10-11-18-62(56)57)36-72(117)63(23-25-78(123)124)103-91(139)67(39-74(99)119)105-84(132)52(2)102-87(60)135)94(142)104-64(24-26-79(125)126)88(136)108-68(40-80(127)128)92(140)107-65(33-54-13-8-7-9-14-54)89(137)106-66(34-55-19-21-61(115)22-20-55)90(138)109-69(41-81(129)130)93(141)111-82(95(4,5)6)73(118)37-59(83(100)131)42-143-30-27-75(112)120/h7-22,51-53,58-60,63-70,82,115H,23-50,98H2,1-6H3,(H2,99,119)(H2,100,131)(H,101,134)(H,102,135)(H,103,139)(H,104,142)(H,105,132)(H,106,137)(H,107,140)(H,108,136)(H,109,138)(H,110,133)(H,111,141)(H,123,124)(H,125,126)(H,127,128)(H,129,130)/t51-,52+,53+,58+,59-,60-,63-,64-,65-,66-,67-,68-,69-,70-,82+,96?,97?/m0/s1. The van der Waals surface area contributed by atoms with E-state index in [-0.39, 0.29) is 117 Å². The number of nitrogens with one attached hydrogen (secondary N) is 11. The number of carbonyl (C=O) groups excluding carboxylic acids is 19. The summed E-state index contributed by atoms with van der Waals surface area (Å²) in [4.78, 5) is 332. The van der Waals surface area contributed by atoms with Gasteiger partial charge in [0.2, 0.25) is 94.5 Å². The van der Waals surface area contributed by atoms with Gasteiger partial charge in [0.05, 0.1) is 49.2 Å². The minimum atomic E-state index is -2.25. The summed E-state index contributed by atoms with van der Waals surface area (Å²) in [6.07, 6.45) is -10.5. The summed E-state index contributed by atoms with van der Waals surface area (Å²) >= 11 is 3.09. The van der Waals surface area contributed by atoms with Crippen LogP contribution in [0.25, 0.3) is 10.8 Å². The fourth-order valence-electron chi connectivity index (χ4n) is 18.1. The van der Waals surface area contributed by atoms with E-state index >= 15 is 28.8 Å². The molecule has 145 heavy (non-hydrogen) atoms. The maximum absolute atomic E-state index is 15.3. The van der Waals surface area contributed by atoms with Crippen molar-refractivity contribution in [2.45, 2.75) is 217 Å². The minimum Gasteiger partial charge on any atom is -0.508 e. The van der Waals surface area contributed by atoms with Gasteiger partial charge in [-0.05, 0) is 85.0 Å². The third-order valence-electron chi connectivity index (χ3n) is 26.0. The van der Waals surface area contributed by atoms with Gasteiger partial charge in [0.1, 0.15) is 65.9 Å². The van der Waals surface area contributed by atoms with Crippen LogP contribution in [0.4, 0.5) is 0 Å². The molecule has 7 fully saturated rings. The molecule has 17 atom stereocenters. The zero-order valence-corrected chi connectivity index (χ0v) is 83.6. The molecule has 7 saturated heterocycles. The van der Waals surface area contributed by atoms with Crippen LogP contribution in [0, 0.1) is 34.0 Å². The second kappa shape index (κ2) is 52.7. The van der Waals surface area contributed by atoms with Crippen LogP contribution in [0.2, 0.25) is 0 Å². The summed E-state index contributed by atoms with van der Waals surface area (Å²) < 4.78 is 0. The van der Waals surface area contributed by atoms with Crippen molar-refractivity contribution in [1.82, 2.24) is 73.2 Å². The maximum atomic E-state index is 15.3. The van der Waals surface area contributed by atoms with Crippen molar-refractivity contribution in [1.29, 1.82) is 0 Å². The molecule has 0 radical (unpaired) electrons. The summed E-state index contributed by atoms with van der Waals surface area (Å²) in [5.74, 6) is -30.5. The van der Waals surface area contributed by atoms with E-state index in [0.29, 0.717) is 21.9 Å². The number of phenols is 1. The molecule has 0 saturated carbocycles. The molecule has 7 aliphatic heterocycles. The number of phenolic OH excluding ortho intramolecular Hbond substituents is 1. The number of rotatable bonds is 22. The molecule has 16 amide bonds. The molecule has 4 aromatic carbocycles. The fraction of sp³-hybridized carbons (Fsp3) is 0.536. The first-order chi connectivity index (χ1) is 68.4. The summed E-state index contributed by atoms with van der Waals surface area (Å²) in [5.41, 5.74) is 15.3. The number of fused-ring (bicyclic) bond motifs is 48. The van der Waals surface area contributed by atoms with E-state index in [9.17, 15) is 107 Å². The molecule has 4 aromatic rings. The second-order valence-electron chi connectivity index (χ2n) is 38.5. The molecule has 7 heterocycles. The number of primary amides is 2. The lowest BCUT2D eigenvalue weighted by molar-refractivity contribution is -0.142. The summed E-state index contributed by atoms with van der Waals surface area (Å²) in [5, 5.41) is 79.2. The predicted molar refractivity (Wildman–Crippen MR) is 526 cm³/mol. The Labute approximate surface area is 847 Å². The van der Waals surface area contributed by atoms with Crippen LogP contribution in [0.1, 0.15) is 142 Å². The second-order valence-corrected chi connectivity index (χ2v) is 41.9. The summed E-state index contributed by atoms with van der Waals surface area (Å²) in [7, 11) is 0. The monoisotopic (exact) mass is 2070 g/mol. The van der Waals surface area contributed by atoms with Crippen molar-refractivity contribution in [3.8, 4) is 5.75 Å². The molecule has 7 aliphatic rings. The third kappa shape index (κ3) is 33.5. The lowest BCUT2D eigenvalue weighted by Gasteiger charge is -2.32. The zero-order valence-electron chi connectivity index (χ0n) is 81.1. The quantitative estimate of drug-likeness (QED) is 0.0379. The number of ketones is 3. The fourth-order valence-corrected chi connectivity index (χ4v) is 21.1. The maximum Gasteiger partial charge on any atom is 0.305 e. The Kier molecular flexibility index (Phi) is 41.8. The molecule has 11 rings (SSSR count). The molecule has 22 N–H and O–H groups in total. The molecule has 2 spiro atoms. The highest BCUT2D eigenvalue weighted by Crippen LogP contribution is 2.57. The number of nitrogens with two attached hydrogens (primary N) is 3. The average Bonchev–Trinajstić information content (AvgIpc) is 1.52. The van der Waals surface area contributed by atoms with Crippen molar-refractivity contribution in [2.75, 3.05) is 73.8 Å². The Hall–Kier alpha value is -13.6. The Bertz CT molecular complexity index is 5510. The SMILES string of the molecule is C[C@H](N)C(=O)C[C@H]1CSCCC(=O)N2CC34CN5CC3(C2)CN(C4)C(=O)CCSC[C@H](NC(=O)[C@@H](C)NC(=O)[C@H](Cc2cccc3ccccc23)CC(=O)[C@H](CCC(=O)O)NC(=O)[C@H](CC(N)=O)NC(=O)[C@@H](C)NC1=O)C(=O)N[C@@H](CCC(=O)O)C(=O)N[C@@H](CC(=O)O)C(=O)N[C@@H](Cc1ccccc1)C(=O)N[C@@H](Cc1ccc(O)cc1)C(=O)N[C@@H](CC(=O)O)C(=O)N[C@@H](C(C)(C)C)C(=O)C[C@H](C(N)=O)CSCCC5=O. The normalized spacial score (nSPS) is 27.0. The van der Waals surface area contributed by atoms with Gasteiger partial charge >= 0.3 is 23.9 Å². The van der Waals surface area contributed by atoms with E-state index in [1.165, 1.54) is 50.2 Å². The molecular formula is C97H127N17O28S3. The first-order valence-corrected chi connectivity index (χ1v) is 50.9. The van der Waals surface area contributed by atoms with Gasteiger partial charge in [-0.1, -0.05) is 106 Å². The summed E-state index contributed by atoms with van der Waals surface area (Å²) in [6.45, 7) is 8.35. The molecule has 786 valence electrons. The lowest BCUT2D eigenvalue weighted by atomic mass is 9.71. The Balaban J connectivity index is 1.12. The number of aliphatic carboxylic acids is 4. The first-order valence-electron chi connectivity index (χ1n) is 47.4. The van der Waals surface area contributed by atoms with E-state index in [2.05, 4.69) is 58.5 Å². The lowest BCUT2D eigenvalue weighted by Crippen LogP contribution is -2.61. The minimum absolute atomic E-state index is 0.00119. The van der Waals surface area contributed by atoms with Crippen LogP contribution in [0.5, 0.6) is 5.75 Å². The largest absolute Gasteiger partial charge is 0.508 e. The van der Waals surface area contributed by atoms with Gasteiger partial charge in [0.25, 0.3) is 0 Å². The van der Waals surface area contributed by atoms with Crippen molar-refractivity contribution in [2.24, 2.45) is 51.2 Å². The van der Waals surface area contributed by atoms with Crippen LogP contribution in [-0.4, -0.2) is 322 Å². The highest BCUT2D eigenvalue weighted by Gasteiger charge is 2.69. The Morgan fingerprint density at radius 1 is 0.414 bits per heavy atom. The van der Waals surface area contributed by atoms with Gasteiger partial charge in [0.15, 0.2) is 11.6 Å². The zero-order chi connectivity index (χ0) is 107. The smallest absolute Gasteiger partial charge is 0.305 e. The van der Waals surface area contributed by atoms with Crippen molar-refractivity contribution in [3.05, 3.63) is 114 Å². The predicted octanol–water partition coefficient (Wildman–Crippen LogP) is -2.00. The average molecular weight is 2080 g/mol. The number of aromatic hydroxyl groups is 1. The Morgan fingerprint density at radius 2 is 0.828 bits per heavy atom. The van der Waals surface area contributed by atoms with Gasteiger partial charge in [-0.15, -0.1) is 0 Å². The highest BCUT2D eigenvalue weighted by atomic mass is 32.2. The van der Waals surface area contributed by atoms with Crippen molar-refractivity contribution in [3.63, 3.8) is 0 Å². The van der Waals surface area contributed by atoms with Gasteiger partial charge in [-0.3, -0.25) is 110 Å². The Morgan fingerprint density at radius 3 is 1.32 bits per heavy atom. The molecule has 0 aromatic heterocycles.